The van der Waals surface area contributed by atoms with Crippen LogP contribution in [0.5, 0.6) is 0 Å². The Hall–Kier alpha value is -2.52. The molecular weight excluding hydrogens is 210 g/mol. The van der Waals surface area contributed by atoms with Crippen molar-refractivity contribution < 1.29 is 0 Å². The van der Waals surface area contributed by atoms with Gasteiger partial charge in [0.15, 0.2) is 0 Å². The first-order valence-electron chi connectivity index (χ1n) is 5.40. The van der Waals surface area contributed by atoms with E-state index in [9.17, 15) is 0 Å². The largest absolute Gasteiger partial charge is 0.347 e. The molecule has 0 aliphatic heterocycles. The predicted octanol–water partition coefficient (Wildman–Crippen LogP) is 3.09. The summed E-state index contributed by atoms with van der Waals surface area (Å²) in [7, 11) is 0. The Morgan fingerprint density at radius 2 is 2.00 bits per heavy atom. The molecule has 3 nitrogen and oxygen atoms in total. The van der Waals surface area contributed by atoms with Gasteiger partial charge in [-0.3, -0.25) is 0 Å². The summed E-state index contributed by atoms with van der Waals surface area (Å²) in [5, 5.41) is 18.6. The number of aryl methyl sites for hydroxylation is 1. The average molecular weight is 221 g/mol. The third kappa shape index (κ3) is 1.91. The van der Waals surface area contributed by atoms with Crippen molar-refractivity contribution >= 4 is 17.0 Å². The molecule has 1 heterocycles. The zero-order valence-electron chi connectivity index (χ0n) is 9.51. The minimum Gasteiger partial charge on any atom is -0.347 e. The summed E-state index contributed by atoms with van der Waals surface area (Å²) in [5.41, 5.74) is 2.17. The van der Waals surface area contributed by atoms with E-state index in [0.717, 1.165) is 23.0 Å². The fraction of sp³-hybridized carbons (Fsp3) is 0.143. The molecule has 0 unspecified atom stereocenters. The van der Waals surface area contributed by atoms with E-state index >= 15 is 0 Å². The number of aromatic nitrogens is 1. The summed E-state index contributed by atoms with van der Waals surface area (Å²) in [6, 6.07) is 11.7. The Balaban J connectivity index is 2.68. The van der Waals surface area contributed by atoms with E-state index in [1.165, 1.54) is 0 Å². The first-order valence-corrected chi connectivity index (χ1v) is 5.40. The van der Waals surface area contributed by atoms with Crippen LogP contribution in [0.4, 0.5) is 0 Å². The number of allylic oxidation sites excluding steroid dienone is 1. The molecule has 0 radical (unpaired) electrons. The maximum atomic E-state index is 8.78. The lowest BCUT2D eigenvalue weighted by Gasteiger charge is -1.97. The van der Waals surface area contributed by atoms with Gasteiger partial charge >= 0.3 is 0 Å². The Morgan fingerprint density at radius 3 is 2.65 bits per heavy atom. The van der Waals surface area contributed by atoms with Gasteiger partial charge in [0.1, 0.15) is 17.7 Å². The van der Waals surface area contributed by atoms with Crippen LogP contribution in [-0.4, -0.2) is 4.57 Å². The molecule has 0 N–H and O–H groups in total. The van der Waals surface area contributed by atoms with Gasteiger partial charge in [-0.2, -0.15) is 10.5 Å². The molecule has 1 aromatic carbocycles. The van der Waals surface area contributed by atoms with Crippen LogP contribution in [0.15, 0.2) is 36.0 Å². The minimum absolute atomic E-state index is 0.129. The first kappa shape index (κ1) is 11.0. The van der Waals surface area contributed by atoms with Gasteiger partial charge in [0.2, 0.25) is 0 Å². The van der Waals surface area contributed by atoms with Gasteiger partial charge < -0.3 is 4.57 Å². The van der Waals surface area contributed by atoms with E-state index in [2.05, 4.69) is 11.5 Å². The van der Waals surface area contributed by atoms with Crippen molar-refractivity contribution in [3.05, 3.63) is 41.6 Å². The number of fused-ring (bicyclic) bond motifs is 1. The van der Waals surface area contributed by atoms with Crippen molar-refractivity contribution in [2.45, 2.75) is 13.5 Å². The highest BCUT2D eigenvalue weighted by molar-refractivity contribution is 5.90. The molecule has 82 valence electrons. The van der Waals surface area contributed by atoms with Crippen LogP contribution < -0.4 is 0 Å². The highest BCUT2D eigenvalue weighted by Crippen LogP contribution is 2.23. The van der Waals surface area contributed by atoms with E-state index in [1.54, 1.807) is 6.08 Å². The van der Waals surface area contributed by atoms with Crippen molar-refractivity contribution in [2.75, 3.05) is 0 Å². The summed E-state index contributed by atoms with van der Waals surface area (Å²) in [6.45, 7) is 2.93. The number of rotatable bonds is 2. The Kier molecular flexibility index (Phi) is 2.94. The molecule has 0 aliphatic rings. The molecule has 0 saturated heterocycles. The van der Waals surface area contributed by atoms with Crippen molar-refractivity contribution in [2.24, 2.45) is 0 Å². The molecule has 17 heavy (non-hydrogen) atoms. The number of para-hydroxylation sites is 1. The van der Waals surface area contributed by atoms with Gasteiger partial charge in [-0.1, -0.05) is 18.2 Å². The fourth-order valence-corrected chi connectivity index (χ4v) is 1.90. The summed E-state index contributed by atoms with van der Waals surface area (Å²) in [5.74, 6) is 0. The Labute approximate surface area is 99.8 Å². The van der Waals surface area contributed by atoms with Crippen LogP contribution in [0.25, 0.3) is 17.0 Å². The zero-order valence-corrected chi connectivity index (χ0v) is 9.51. The Bertz CT molecular complexity index is 647. The molecule has 1 aromatic heterocycles. The van der Waals surface area contributed by atoms with Gasteiger partial charge in [0, 0.05) is 29.2 Å². The third-order valence-corrected chi connectivity index (χ3v) is 2.70. The van der Waals surface area contributed by atoms with E-state index in [4.69, 9.17) is 10.5 Å². The molecule has 2 aromatic rings. The van der Waals surface area contributed by atoms with E-state index in [-0.39, 0.29) is 5.57 Å². The SMILES string of the molecule is CCn1cc(C=C(C#N)C#N)c2ccccc21. The fourth-order valence-electron chi connectivity index (χ4n) is 1.90. The maximum Gasteiger partial charge on any atom is 0.130 e. The molecular formula is C14H11N3. The van der Waals surface area contributed by atoms with Gasteiger partial charge in [-0.25, -0.2) is 0 Å². The average Bonchev–Trinajstić information content (AvgIpc) is 2.74. The van der Waals surface area contributed by atoms with Gasteiger partial charge in [0.05, 0.1) is 0 Å². The monoisotopic (exact) mass is 221 g/mol. The summed E-state index contributed by atoms with van der Waals surface area (Å²) in [6.07, 6.45) is 3.60. The molecule has 0 saturated carbocycles. The quantitative estimate of drug-likeness (QED) is 0.731. The lowest BCUT2D eigenvalue weighted by molar-refractivity contribution is 0.797. The lowest BCUT2D eigenvalue weighted by atomic mass is 10.1. The number of nitrogens with zero attached hydrogens (tertiary/aromatic N) is 3. The van der Waals surface area contributed by atoms with E-state index < -0.39 is 0 Å². The van der Waals surface area contributed by atoms with Crippen molar-refractivity contribution in [3.63, 3.8) is 0 Å². The molecule has 0 spiro atoms. The van der Waals surface area contributed by atoms with Crippen molar-refractivity contribution in [1.29, 1.82) is 10.5 Å². The standard InChI is InChI=1S/C14H11N3/c1-2-17-10-12(7-11(8-15)9-16)13-5-3-4-6-14(13)17/h3-7,10H,2H2,1H3. The third-order valence-electron chi connectivity index (χ3n) is 2.70. The van der Waals surface area contributed by atoms with Gasteiger partial charge in [-0.15, -0.1) is 0 Å². The number of benzene rings is 1. The molecule has 0 fully saturated rings. The lowest BCUT2D eigenvalue weighted by Crippen LogP contribution is -1.89. The molecule has 0 atom stereocenters. The summed E-state index contributed by atoms with van der Waals surface area (Å²) >= 11 is 0. The topological polar surface area (TPSA) is 52.5 Å². The van der Waals surface area contributed by atoms with Crippen LogP contribution in [0.3, 0.4) is 0 Å². The van der Waals surface area contributed by atoms with E-state index in [1.807, 2.05) is 42.6 Å². The maximum absolute atomic E-state index is 8.78. The minimum atomic E-state index is 0.129. The zero-order chi connectivity index (χ0) is 12.3. The van der Waals surface area contributed by atoms with Crippen LogP contribution in [-0.2, 0) is 6.54 Å². The predicted molar refractivity (Wildman–Crippen MR) is 66.8 cm³/mol. The van der Waals surface area contributed by atoms with Crippen molar-refractivity contribution in [1.82, 2.24) is 4.57 Å². The molecule has 3 heteroatoms. The summed E-state index contributed by atoms with van der Waals surface area (Å²) in [4.78, 5) is 0. The highest BCUT2D eigenvalue weighted by Gasteiger charge is 2.05. The molecule has 0 amide bonds. The van der Waals surface area contributed by atoms with Crippen LogP contribution in [0, 0.1) is 22.7 Å². The molecule has 2 rings (SSSR count). The Morgan fingerprint density at radius 1 is 1.29 bits per heavy atom. The number of nitriles is 2. The second-order valence-corrected chi connectivity index (χ2v) is 3.67. The number of hydrogen-bond acceptors (Lipinski definition) is 2. The van der Waals surface area contributed by atoms with Gasteiger partial charge in [-0.05, 0) is 19.1 Å². The molecule has 0 aliphatic carbocycles. The second-order valence-electron chi connectivity index (χ2n) is 3.67. The van der Waals surface area contributed by atoms with Crippen LogP contribution in [0.2, 0.25) is 0 Å². The van der Waals surface area contributed by atoms with Gasteiger partial charge in [0.25, 0.3) is 0 Å². The smallest absolute Gasteiger partial charge is 0.130 e. The number of hydrogen-bond donors (Lipinski definition) is 0. The van der Waals surface area contributed by atoms with Crippen LogP contribution in [0.1, 0.15) is 12.5 Å². The van der Waals surface area contributed by atoms with E-state index in [0.29, 0.717) is 0 Å². The van der Waals surface area contributed by atoms with Crippen molar-refractivity contribution in [3.8, 4) is 12.1 Å². The van der Waals surface area contributed by atoms with Crippen LogP contribution >= 0.6 is 0 Å². The molecule has 0 bridgehead atoms. The second kappa shape index (κ2) is 4.55. The normalized spacial score (nSPS) is 9.59. The highest BCUT2D eigenvalue weighted by atomic mass is 14.9. The first-order chi connectivity index (χ1) is 8.30. The summed E-state index contributed by atoms with van der Waals surface area (Å²) < 4.78 is 2.10.